The van der Waals surface area contributed by atoms with Crippen molar-refractivity contribution in [3.8, 4) is 0 Å². The summed E-state index contributed by atoms with van der Waals surface area (Å²) < 4.78 is 12.8. The fourth-order valence-electron chi connectivity index (χ4n) is 2.34. The number of hydrogen-bond acceptors (Lipinski definition) is 2. The van der Waals surface area contributed by atoms with Crippen LogP contribution >= 0.6 is 0 Å². The molecule has 0 aliphatic heterocycles. The van der Waals surface area contributed by atoms with E-state index in [1.54, 1.807) is 12.1 Å². The molecule has 2 rings (SSSR count). The van der Waals surface area contributed by atoms with E-state index in [1.165, 1.54) is 23.3 Å². The molecule has 0 bridgehead atoms. The number of hydrogen-bond donors (Lipinski definition) is 1. The van der Waals surface area contributed by atoms with Crippen LogP contribution < -0.4 is 10.2 Å². The normalized spacial score (nSPS) is 10.4. The SMILES string of the molecule is Cc1cc(C)cc(N(C)CC(=O)NCc2ccc(F)cc2)c1. The van der Waals surface area contributed by atoms with Crippen LogP contribution in [0.5, 0.6) is 0 Å². The third-order valence-electron chi connectivity index (χ3n) is 3.43. The minimum atomic E-state index is -0.273. The summed E-state index contributed by atoms with van der Waals surface area (Å²) in [6.07, 6.45) is 0. The maximum absolute atomic E-state index is 12.8. The molecule has 0 spiro atoms. The molecular formula is C18H21FN2O. The molecule has 1 amide bonds. The van der Waals surface area contributed by atoms with Gasteiger partial charge in [0.15, 0.2) is 0 Å². The summed E-state index contributed by atoms with van der Waals surface area (Å²) in [5.41, 5.74) is 4.25. The molecule has 1 N–H and O–H groups in total. The Morgan fingerprint density at radius 3 is 2.27 bits per heavy atom. The van der Waals surface area contributed by atoms with Crippen LogP contribution in [0.25, 0.3) is 0 Å². The standard InChI is InChI=1S/C18H21FN2O/c1-13-8-14(2)10-17(9-13)21(3)12-18(22)20-11-15-4-6-16(19)7-5-15/h4-10H,11-12H2,1-3H3,(H,20,22). The zero-order chi connectivity index (χ0) is 16.1. The summed E-state index contributed by atoms with van der Waals surface area (Å²) in [7, 11) is 1.89. The minimum absolute atomic E-state index is 0.0639. The Labute approximate surface area is 130 Å². The van der Waals surface area contributed by atoms with Gasteiger partial charge in [-0.2, -0.15) is 0 Å². The van der Waals surface area contributed by atoms with Gasteiger partial charge >= 0.3 is 0 Å². The van der Waals surface area contributed by atoms with Gasteiger partial charge in [-0.05, 0) is 54.8 Å². The van der Waals surface area contributed by atoms with Crippen molar-refractivity contribution in [1.82, 2.24) is 5.32 Å². The van der Waals surface area contributed by atoms with Crippen molar-refractivity contribution < 1.29 is 9.18 Å². The van der Waals surface area contributed by atoms with Crippen molar-refractivity contribution in [1.29, 1.82) is 0 Å². The van der Waals surface area contributed by atoms with E-state index in [-0.39, 0.29) is 18.3 Å². The molecule has 0 atom stereocenters. The Kier molecular flexibility index (Phi) is 5.15. The Hall–Kier alpha value is -2.36. The van der Waals surface area contributed by atoms with Crippen LogP contribution in [0.15, 0.2) is 42.5 Å². The molecule has 0 radical (unpaired) electrons. The lowest BCUT2D eigenvalue weighted by Crippen LogP contribution is -2.34. The third-order valence-corrected chi connectivity index (χ3v) is 3.43. The van der Waals surface area contributed by atoms with Crippen LogP contribution in [-0.4, -0.2) is 19.5 Å². The zero-order valence-electron chi connectivity index (χ0n) is 13.2. The lowest BCUT2D eigenvalue weighted by atomic mass is 10.1. The number of nitrogens with one attached hydrogen (secondary N) is 1. The highest BCUT2D eigenvalue weighted by Crippen LogP contribution is 2.17. The Balaban J connectivity index is 1.89. The molecule has 4 heteroatoms. The second-order valence-electron chi connectivity index (χ2n) is 5.61. The van der Waals surface area contributed by atoms with Gasteiger partial charge in [-0.3, -0.25) is 4.79 Å². The first-order chi connectivity index (χ1) is 10.4. The summed E-state index contributed by atoms with van der Waals surface area (Å²) in [5, 5.41) is 2.85. The Bertz CT molecular complexity index is 632. The lowest BCUT2D eigenvalue weighted by molar-refractivity contribution is -0.119. The molecule has 0 unspecified atom stereocenters. The van der Waals surface area contributed by atoms with Crippen molar-refractivity contribution in [3.63, 3.8) is 0 Å². The quantitative estimate of drug-likeness (QED) is 0.919. The van der Waals surface area contributed by atoms with Gasteiger partial charge in [-0.1, -0.05) is 18.2 Å². The van der Waals surface area contributed by atoms with E-state index in [9.17, 15) is 9.18 Å². The molecule has 3 nitrogen and oxygen atoms in total. The van der Waals surface area contributed by atoms with Gasteiger partial charge in [-0.15, -0.1) is 0 Å². The van der Waals surface area contributed by atoms with Crippen LogP contribution in [0.2, 0.25) is 0 Å². The van der Waals surface area contributed by atoms with Gasteiger partial charge in [0, 0.05) is 19.3 Å². The van der Waals surface area contributed by atoms with Gasteiger partial charge in [0.1, 0.15) is 5.82 Å². The summed E-state index contributed by atoms with van der Waals surface area (Å²) in [5.74, 6) is -0.337. The number of aryl methyl sites for hydroxylation is 2. The first-order valence-corrected chi connectivity index (χ1v) is 7.24. The maximum atomic E-state index is 12.8. The van der Waals surface area contributed by atoms with Crippen molar-refractivity contribution in [3.05, 3.63) is 65.0 Å². The van der Waals surface area contributed by atoms with Crippen LogP contribution in [-0.2, 0) is 11.3 Å². The number of carbonyl (C=O) groups is 1. The monoisotopic (exact) mass is 300 g/mol. The molecule has 0 aliphatic rings. The van der Waals surface area contributed by atoms with Crippen LogP contribution in [0.4, 0.5) is 10.1 Å². The minimum Gasteiger partial charge on any atom is -0.365 e. The number of benzene rings is 2. The largest absolute Gasteiger partial charge is 0.365 e. The number of likely N-dealkylation sites (N-methyl/N-ethyl adjacent to an activating group) is 1. The first kappa shape index (κ1) is 16.0. The molecule has 0 aliphatic carbocycles. The van der Waals surface area contributed by atoms with E-state index in [2.05, 4.69) is 23.5 Å². The summed E-state index contributed by atoms with van der Waals surface area (Å²) in [6, 6.07) is 12.3. The fourth-order valence-corrected chi connectivity index (χ4v) is 2.34. The molecule has 0 aromatic heterocycles. The summed E-state index contributed by atoms with van der Waals surface area (Å²) >= 11 is 0. The highest BCUT2D eigenvalue weighted by molar-refractivity contribution is 5.81. The lowest BCUT2D eigenvalue weighted by Gasteiger charge is -2.20. The average molecular weight is 300 g/mol. The highest BCUT2D eigenvalue weighted by atomic mass is 19.1. The number of rotatable bonds is 5. The topological polar surface area (TPSA) is 32.3 Å². The third kappa shape index (κ3) is 4.58. The molecule has 2 aromatic carbocycles. The smallest absolute Gasteiger partial charge is 0.239 e. The number of nitrogens with zero attached hydrogens (tertiary/aromatic N) is 1. The van der Waals surface area contributed by atoms with Crippen LogP contribution in [0.3, 0.4) is 0 Å². The summed E-state index contributed by atoms with van der Waals surface area (Å²) in [4.78, 5) is 13.9. The predicted molar refractivity (Wildman–Crippen MR) is 87.4 cm³/mol. The number of carbonyl (C=O) groups excluding carboxylic acids is 1. The van der Waals surface area contributed by atoms with E-state index in [4.69, 9.17) is 0 Å². The second kappa shape index (κ2) is 7.07. The van der Waals surface area contributed by atoms with E-state index in [0.29, 0.717) is 6.54 Å². The Morgan fingerprint density at radius 2 is 1.68 bits per heavy atom. The molecule has 22 heavy (non-hydrogen) atoms. The zero-order valence-corrected chi connectivity index (χ0v) is 13.2. The van der Waals surface area contributed by atoms with Gasteiger partial charge < -0.3 is 10.2 Å². The first-order valence-electron chi connectivity index (χ1n) is 7.24. The average Bonchev–Trinajstić information content (AvgIpc) is 2.45. The summed E-state index contributed by atoms with van der Waals surface area (Å²) in [6.45, 7) is 4.77. The van der Waals surface area contributed by atoms with E-state index in [0.717, 1.165) is 11.3 Å². The predicted octanol–water partition coefficient (Wildman–Crippen LogP) is 3.20. The van der Waals surface area contributed by atoms with Crippen LogP contribution in [0, 0.1) is 19.7 Å². The van der Waals surface area contributed by atoms with Crippen molar-refractivity contribution in [2.45, 2.75) is 20.4 Å². The van der Waals surface area contributed by atoms with E-state index in [1.807, 2.05) is 25.8 Å². The van der Waals surface area contributed by atoms with Gasteiger partial charge in [-0.25, -0.2) is 4.39 Å². The molecule has 0 fully saturated rings. The van der Waals surface area contributed by atoms with Crippen LogP contribution in [0.1, 0.15) is 16.7 Å². The van der Waals surface area contributed by atoms with Gasteiger partial charge in [0.25, 0.3) is 0 Å². The van der Waals surface area contributed by atoms with Gasteiger partial charge in [0.05, 0.1) is 6.54 Å². The second-order valence-corrected chi connectivity index (χ2v) is 5.61. The molecule has 2 aromatic rings. The molecular weight excluding hydrogens is 279 g/mol. The molecule has 116 valence electrons. The van der Waals surface area contributed by atoms with Crippen molar-refractivity contribution >= 4 is 11.6 Å². The molecule has 0 heterocycles. The van der Waals surface area contributed by atoms with Crippen molar-refractivity contribution in [2.24, 2.45) is 0 Å². The number of halogens is 1. The van der Waals surface area contributed by atoms with Crippen molar-refractivity contribution in [2.75, 3.05) is 18.5 Å². The number of anilines is 1. The van der Waals surface area contributed by atoms with E-state index < -0.39 is 0 Å². The maximum Gasteiger partial charge on any atom is 0.239 e. The molecule has 0 saturated heterocycles. The number of amides is 1. The van der Waals surface area contributed by atoms with E-state index >= 15 is 0 Å². The molecule has 0 saturated carbocycles. The fraction of sp³-hybridized carbons (Fsp3) is 0.278. The Morgan fingerprint density at radius 1 is 1.09 bits per heavy atom. The van der Waals surface area contributed by atoms with Gasteiger partial charge in [0.2, 0.25) is 5.91 Å². The highest BCUT2D eigenvalue weighted by Gasteiger charge is 2.08.